The number of fused-ring (bicyclic) bond motifs is 3. The molecule has 0 bridgehead atoms. The number of piperidine rings is 1. The molecule has 0 aliphatic carbocycles. The Balaban J connectivity index is 1.24. The lowest BCUT2D eigenvalue weighted by Crippen LogP contribution is -2.47. The van der Waals surface area contributed by atoms with Crippen molar-refractivity contribution in [2.24, 2.45) is 11.7 Å². The van der Waals surface area contributed by atoms with E-state index in [0.717, 1.165) is 47.7 Å². The van der Waals surface area contributed by atoms with Crippen LogP contribution in [0.2, 0.25) is 0 Å². The molecule has 4 heterocycles. The number of hydrogen-bond acceptors (Lipinski definition) is 6. The highest BCUT2D eigenvalue weighted by Crippen LogP contribution is 2.39. The Morgan fingerprint density at radius 3 is 2.76 bits per heavy atom. The normalized spacial score (nSPS) is 20.7. The topological polar surface area (TPSA) is 89.9 Å². The lowest BCUT2D eigenvalue weighted by atomic mass is 9.84. The van der Waals surface area contributed by atoms with Gasteiger partial charge in [0.2, 0.25) is 5.91 Å². The first kappa shape index (κ1) is 23.0. The molecule has 1 fully saturated rings. The third-order valence-electron chi connectivity index (χ3n) is 6.74. The van der Waals surface area contributed by atoms with E-state index >= 15 is 0 Å². The summed E-state index contributed by atoms with van der Waals surface area (Å²) in [6.07, 6.45) is 2.43. The van der Waals surface area contributed by atoms with Crippen LogP contribution in [0.1, 0.15) is 41.7 Å². The monoisotopic (exact) mass is 490 g/mol. The number of carbonyl (C=O) groups is 1. The molecule has 3 aromatic rings. The molecular formula is C23H25F3N6OS. The fourth-order valence-corrected chi connectivity index (χ4v) is 5.69. The van der Waals surface area contributed by atoms with Crippen LogP contribution in [-0.4, -0.2) is 49.7 Å². The van der Waals surface area contributed by atoms with Crippen molar-refractivity contribution in [1.82, 2.24) is 24.6 Å². The predicted octanol–water partition coefficient (Wildman–Crippen LogP) is 3.42. The molecule has 180 valence electrons. The minimum Gasteiger partial charge on any atom is -0.342 e. The summed E-state index contributed by atoms with van der Waals surface area (Å²) in [6.45, 7) is 3.13. The average molecular weight is 491 g/mol. The fraction of sp³-hybridized carbons (Fsp3) is 0.478. The van der Waals surface area contributed by atoms with Gasteiger partial charge in [0.1, 0.15) is 17.3 Å². The van der Waals surface area contributed by atoms with Crippen LogP contribution in [0.15, 0.2) is 17.5 Å². The molecule has 2 N–H and O–H groups in total. The first-order valence-corrected chi connectivity index (χ1v) is 12.2. The molecule has 0 saturated carbocycles. The molecule has 3 atom stereocenters. The van der Waals surface area contributed by atoms with Gasteiger partial charge in [-0.3, -0.25) is 4.79 Å². The molecule has 0 spiro atoms. The van der Waals surface area contributed by atoms with Crippen molar-refractivity contribution in [3.05, 3.63) is 51.4 Å². The van der Waals surface area contributed by atoms with E-state index in [4.69, 9.17) is 5.73 Å². The van der Waals surface area contributed by atoms with Crippen LogP contribution in [-0.2, 0) is 17.6 Å². The number of thiazole rings is 1. The van der Waals surface area contributed by atoms with Crippen molar-refractivity contribution in [3.63, 3.8) is 0 Å². The van der Waals surface area contributed by atoms with E-state index in [1.807, 2.05) is 17.2 Å². The van der Waals surface area contributed by atoms with Crippen molar-refractivity contribution in [3.8, 4) is 11.5 Å². The number of nitrogens with zero attached hydrogens (tertiary/aromatic N) is 5. The Morgan fingerprint density at radius 1 is 1.21 bits per heavy atom. The highest BCUT2D eigenvalue weighted by atomic mass is 32.1. The van der Waals surface area contributed by atoms with Gasteiger partial charge in [-0.05, 0) is 43.7 Å². The van der Waals surface area contributed by atoms with Crippen LogP contribution >= 0.6 is 11.3 Å². The van der Waals surface area contributed by atoms with E-state index < -0.39 is 23.5 Å². The lowest BCUT2D eigenvalue weighted by molar-refractivity contribution is -0.134. The molecule has 2 aliphatic heterocycles. The van der Waals surface area contributed by atoms with Gasteiger partial charge < -0.3 is 15.2 Å². The SMILES string of the molecule is Cc1nc(-c2nnc3n2[C@@H]2CCN(C(=O)C[C@H](N)Cc4cc(F)c(F)cc4F)C[C@@H]2CC3)cs1. The van der Waals surface area contributed by atoms with E-state index in [-0.39, 0.29) is 36.3 Å². The fourth-order valence-electron chi connectivity index (χ4n) is 5.10. The number of nitrogens with two attached hydrogens (primary N) is 1. The third-order valence-corrected chi connectivity index (χ3v) is 7.51. The molecule has 1 amide bonds. The molecular weight excluding hydrogens is 465 g/mol. The lowest BCUT2D eigenvalue weighted by Gasteiger charge is -2.42. The highest BCUT2D eigenvalue weighted by Gasteiger charge is 2.38. The zero-order valence-corrected chi connectivity index (χ0v) is 19.5. The number of aryl methyl sites for hydroxylation is 2. The van der Waals surface area contributed by atoms with Gasteiger partial charge >= 0.3 is 0 Å². The van der Waals surface area contributed by atoms with Gasteiger partial charge in [0, 0.05) is 49.5 Å². The molecule has 0 radical (unpaired) electrons. The number of amides is 1. The standard InChI is InChI=1S/C23H25F3N6OS/c1-12-28-19(11-34-12)23-30-29-21-3-2-13-10-31(5-4-20(13)32(21)23)22(33)8-15(27)6-14-7-17(25)18(26)9-16(14)24/h7,9,11,13,15,20H,2-6,8,10,27H2,1H3/t13-,15+,20+/m0/s1. The summed E-state index contributed by atoms with van der Waals surface area (Å²) in [5, 5.41) is 11.8. The van der Waals surface area contributed by atoms with Gasteiger partial charge in [-0.25, -0.2) is 18.2 Å². The first-order chi connectivity index (χ1) is 16.3. The largest absolute Gasteiger partial charge is 0.342 e. The van der Waals surface area contributed by atoms with Gasteiger partial charge in [-0.1, -0.05) is 0 Å². The average Bonchev–Trinajstić information content (AvgIpc) is 3.43. The van der Waals surface area contributed by atoms with Crippen molar-refractivity contribution in [1.29, 1.82) is 0 Å². The number of halogens is 3. The first-order valence-electron chi connectivity index (χ1n) is 11.3. The number of hydrogen-bond donors (Lipinski definition) is 1. The van der Waals surface area contributed by atoms with Gasteiger partial charge in [-0.2, -0.15) is 0 Å². The van der Waals surface area contributed by atoms with E-state index in [9.17, 15) is 18.0 Å². The Labute approximate surface area is 198 Å². The van der Waals surface area contributed by atoms with Crippen molar-refractivity contribution >= 4 is 17.2 Å². The van der Waals surface area contributed by atoms with E-state index in [1.54, 1.807) is 11.3 Å². The smallest absolute Gasteiger partial charge is 0.224 e. The Morgan fingerprint density at radius 2 is 2.00 bits per heavy atom. The second kappa shape index (κ2) is 9.10. The maximum Gasteiger partial charge on any atom is 0.224 e. The number of aromatic nitrogens is 4. The number of rotatable bonds is 5. The van der Waals surface area contributed by atoms with Crippen molar-refractivity contribution in [2.45, 2.75) is 51.1 Å². The van der Waals surface area contributed by atoms with E-state index in [0.29, 0.717) is 19.2 Å². The zero-order valence-electron chi connectivity index (χ0n) is 18.7. The Kier molecular flexibility index (Phi) is 6.15. The van der Waals surface area contributed by atoms with Crippen molar-refractivity contribution in [2.75, 3.05) is 13.1 Å². The van der Waals surface area contributed by atoms with Crippen LogP contribution < -0.4 is 5.73 Å². The maximum atomic E-state index is 13.9. The predicted molar refractivity (Wildman–Crippen MR) is 121 cm³/mol. The Bertz CT molecular complexity index is 1230. The quantitative estimate of drug-likeness (QED) is 0.554. The summed E-state index contributed by atoms with van der Waals surface area (Å²) in [7, 11) is 0. The molecule has 0 unspecified atom stereocenters. The van der Waals surface area contributed by atoms with Gasteiger partial charge in [0.15, 0.2) is 17.5 Å². The maximum absolute atomic E-state index is 13.9. The summed E-state index contributed by atoms with van der Waals surface area (Å²) in [5.74, 6) is -1.35. The van der Waals surface area contributed by atoms with Crippen LogP contribution in [0.25, 0.3) is 11.5 Å². The summed E-state index contributed by atoms with van der Waals surface area (Å²) in [5.41, 5.74) is 6.88. The summed E-state index contributed by atoms with van der Waals surface area (Å²) in [6, 6.07) is 0.818. The van der Waals surface area contributed by atoms with Crippen LogP contribution in [0.5, 0.6) is 0 Å². The molecule has 1 aromatic carbocycles. The second-order valence-electron chi connectivity index (χ2n) is 9.08. The molecule has 1 saturated heterocycles. The minimum absolute atomic E-state index is 0.0110. The summed E-state index contributed by atoms with van der Waals surface area (Å²) >= 11 is 1.58. The van der Waals surface area contributed by atoms with E-state index in [2.05, 4.69) is 19.7 Å². The number of carbonyl (C=O) groups excluding carboxylic acids is 1. The molecule has 5 rings (SSSR count). The summed E-state index contributed by atoms with van der Waals surface area (Å²) < 4.78 is 42.8. The molecule has 11 heteroatoms. The number of benzene rings is 1. The van der Waals surface area contributed by atoms with Crippen LogP contribution in [0.4, 0.5) is 13.2 Å². The second-order valence-corrected chi connectivity index (χ2v) is 10.1. The van der Waals surface area contributed by atoms with Gasteiger partial charge in [0.25, 0.3) is 0 Å². The molecule has 2 aliphatic rings. The van der Waals surface area contributed by atoms with Gasteiger partial charge in [-0.15, -0.1) is 21.5 Å². The molecule has 34 heavy (non-hydrogen) atoms. The minimum atomic E-state index is -1.24. The van der Waals surface area contributed by atoms with Crippen molar-refractivity contribution < 1.29 is 18.0 Å². The summed E-state index contributed by atoms with van der Waals surface area (Å²) in [4.78, 5) is 19.3. The zero-order chi connectivity index (χ0) is 24.0. The molecule has 2 aromatic heterocycles. The van der Waals surface area contributed by atoms with Crippen LogP contribution in [0.3, 0.4) is 0 Å². The number of likely N-dealkylation sites (tertiary alicyclic amines) is 1. The third kappa shape index (κ3) is 4.34. The Hall–Kier alpha value is -2.79. The van der Waals surface area contributed by atoms with Gasteiger partial charge in [0.05, 0.1) is 5.01 Å². The van der Waals surface area contributed by atoms with E-state index in [1.165, 1.54) is 0 Å². The van der Waals surface area contributed by atoms with Crippen LogP contribution in [0, 0.1) is 30.3 Å². The highest BCUT2D eigenvalue weighted by molar-refractivity contribution is 7.09. The molecule has 7 nitrogen and oxygen atoms in total.